The standard InChI is InChI=1S/C18H22N4O2.2ClH/c1-24-15-7-8-20-16(13-15)21-9-11-22(12-10-21)18(23)17(19)14-5-3-2-4-6-14;;/h2-8,13,17H,9-12,19H2,1H3;2*1H. The van der Waals surface area contributed by atoms with E-state index in [0.717, 1.165) is 30.2 Å². The molecule has 0 aliphatic carbocycles. The van der Waals surface area contributed by atoms with Crippen molar-refractivity contribution in [1.29, 1.82) is 0 Å². The molecule has 8 heteroatoms. The van der Waals surface area contributed by atoms with Gasteiger partial charge in [0.2, 0.25) is 5.91 Å². The van der Waals surface area contributed by atoms with Gasteiger partial charge < -0.3 is 20.3 Å². The Kier molecular flexibility index (Phi) is 8.65. The van der Waals surface area contributed by atoms with Gasteiger partial charge in [-0.1, -0.05) is 30.3 Å². The summed E-state index contributed by atoms with van der Waals surface area (Å²) in [4.78, 5) is 21.0. The average molecular weight is 399 g/mol. The zero-order valence-electron chi connectivity index (χ0n) is 14.6. The Bertz CT molecular complexity index is 695. The van der Waals surface area contributed by atoms with E-state index in [1.165, 1.54) is 0 Å². The number of benzene rings is 1. The Hall–Kier alpha value is -2.02. The molecule has 2 aromatic rings. The van der Waals surface area contributed by atoms with Gasteiger partial charge in [0.25, 0.3) is 0 Å². The Morgan fingerprint density at radius 1 is 1.12 bits per heavy atom. The van der Waals surface area contributed by atoms with Gasteiger partial charge in [0.1, 0.15) is 17.6 Å². The van der Waals surface area contributed by atoms with Crippen molar-refractivity contribution in [3.63, 3.8) is 0 Å². The summed E-state index contributed by atoms with van der Waals surface area (Å²) >= 11 is 0. The molecule has 2 heterocycles. The molecule has 0 bridgehead atoms. The number of ether oxygens (including phenoxy) is 1. The second-order valence-electron chi connectivity index (χ2n) is 5.75. The van der Waals surface area contributed by atoms with Crippen LogP contribution in [0.25, 0.3) is 0 Å². The molecular formula is C18H24Cl2N4O2. The lowest BCUT2D eigenvalue weighted by atomic mass is 10.1. The number of carbonyl (C=O) groups is 1. The number of hydrogen-bond donors (Lipinski definition) is 1. The van der Waals surface area contributed by atoms with E-state index in [1.807, 2.05) is 47.4 Å². The lowest BCUT2D eigenvalue weighted by molar-refractivity contribution is -0.133. The van der Waals surface area contributed by atoms with Crippen molar-refractivity contribution >= 4 is 36.5 Å². The second-order valence-corrected chi connectivity index (χ2v) is 5.75. The third-order valence-corrected chi connectivity index (χ3v) is 4.29. The molecule has 3 rings (SSSR count). The van der Waals surface area contributed by atoms with E-state index in [2.05, 4.69) is 9.88 Å². The summed E-state index contributed by atoms with van der Waals surface area (Å²) in [5.41, 5.74) is 6.97. The maximum Gasteiger partial charge on any atom is 0.244 e. The minimum atomic E-state index is -0.604. The zero-order chi connectivity index (χ0) is 16.9. The Balaban J connectivity index is 0.00000169. The minimum absolute atomic E-state index is 0. The molecule has 26 heavy (non-hydrogen) atoms. The predicted molar refractivity (Wildman–Crippen MR) is 107 cm³/mol. The number of halogens is 2. The van der Waals surface area contributed by atoms with Crippen LogP contribution in [0.2, 0.25) is 0 Å². The fraction of sp³-hybridized carbons (Fsp3) is 0.333. The number of amides is 1. The Labute approximate surface area is 166 Å². The topological polar surface area (TPSA) is 71.7 Å². The smallest absolute Gasteiger partial charge is 0.244 e. The number of piperazine rings is 1. The number of nitrogens with zero attached hydrogens (tertiary/aromatic N) is 3. The Morgan fingerprint density at radius 2 is 1.77 bits per heavy atom. The first-order valence-electron chi connectivity index (χ1n) is 8.03. The van der Waals surface area contributed by atoms with Gasteiger partial charge in [-0.15, -0.1) is 24.8 Å². The van der Waals surface area contributed by atoms with Crippen LogP contribution in [0.4, 0.5) is 5.82 Å². The van der Waals surface area contributed by atoms with Crippen LogP contribution < -0.4 is 15.4 Å². The van der Waals surface area contributed by atoms with Crippen LogP contribution in [0.1, 0.15) is 11.6 Å². The van der Waals surface area contributed by atoms with Crippen molar-refractivity contribution in [3.8, 4) is 5.75 Å². The molecule has 142 valence electrons. The van der Waals surface area contributed by atoms with E-state index in [-0.39, 0.29) is 30.7 Å². The molecule has 1 aromatic heterocycles. The number of pyridine rings is 1. The van der Waals surface area contributed by atoms with Crippen molar-refractivity contribution in [2.24, 2.45) is 5.73 Å². The van der Waals surface area contributed by atoms with Crippen molar-refractivity contribution in [2.75, 3.05) is 38.2 Å². The van der Waals surface area contributed by atoms with Crippen molar-refractivity contribution in [3.05, 3.63) is 54.2 Å². The first kappa shape index (κ1) is 22.0. The fourth-order valence-corrected chi connectivity index (χ4v) is 2.86. The molecule has 1 aliphatic rings. The Morgan fingerprint density at radius 3 is 2.38 bits per heavy atom. The van der Waals surface area contributed by atoms with Gasteiger partial charge in [-0.2, -0.15) is 0 Å². The van der Waals surface area contributed by atoms with Crippen LogP contribution in [0.15, 0.2) is 48.7 Å². The second kappa shape index (κ2) is 10.2. The summed E-state index contributed by atoms with van der Waals surface area (Å²) in [6.45, 7) is 2.73. The summed E-state index contributed by atoms with van der Waals surface area (Å²) in [5.74, 6) is 1.62. The van der Waals surface area contributed by atoms with E-state index in [1.54, 1.807) is 13.3 Å². The van der Waals surface area contributed by atoms with Crippen LogP contribution in [-0.2, 0) is 4.79 Å². The predicted octanol–water partition coefficient (Wildman–Crippen LogP) is 2.28. The van der Waals surface area contributed by atoms with Crippen LogP contribution in [-0.4, -0.2) is 49.1 Å². The molecule has 1 unspecified atom stereocenters. The van der Waals surface area contributed by atoms with Gasteiger partial charge >= 0.3 is 0 Å². The molecule has 1 amide bonds. The summed E-state index contributed by atoms with van der Waals surface area (Å²) < 4.78 is 5.24. The normalized spacial score (nSPS) is 14.7. The van der Waals surface area contributed by atoms with Crippen LogP contribution in [0.5, 0.6) is 5.75 Å². The molecule has 0 radical (unpaired) electrons. The number of aromatic nitrogens is 1. The minimum Gasteiger partial charge on any atom is -0.497 e. The van der Waals surface area contributed by atoms with Gasteiger partial charge in [-0.25, -0.2) is 4.98 Å². The number of hydrogen-bond acceptors (Lipinski definition) is 5. The van der Waals surface area contributed by atoms with Gasteiger partial charge in [-0.3, -0.25) is 4.79 Å². The van der Waals surface area contributed by atoms with Gasteiger partial charge in [0, 0.05) is 38.4 Å². The van der Waals surface area contributed by atoms with E-state index in [0.29, 0.717) is 13.1 Å². The largest absolute Gasteiger partial charge is 0.497 e. The van der Waals surface area contributed by atoms with Crippen LogP contribution in [0.3, 0.4) is 0 Å². The van der Waals surface area contributed by atoms with Gasteiger partial charge in [-0.05, 0) is 11.6 Å². The number of nitrogens with two attached hydrogens (primary N) is 1. The molecule has 0 saturated carbocycles. The van der Waals surface area contributed by atoms with Gasteiger partial charge in [0.15, 0.2) is 0 Å². The molecule has 1 saturated heterocycles. The van der Waals surface area contributed by atoms with Gasteiger partial charge in [0.05, 0.1) is 7.11 Å². The van der Waals surface area contributed by atoms with Crippen molar-refractivity contribution < 1.29 is 9.53 Å². The van der Waals surface area contributed by atoms with Crippen molar-refractivity contribution in [1.82, 2.24) is 9.88 Å². The van der Waals surface area contributed by atoms with Crippen LogP contribution >= 0.6 is 24.8 Å². The monoisotopic (exact) mass is 398 g/mol. The first-order chi connectivity index (χ1) is 11.7. The highest BCUT2D eigenvalue weighted by Crippen LogP contribution is 2.20. The van der Waals surface area contributed by atoms with E-state index < -0.39 is 6.04 Å². The molecule has 1 fully saturated rings. The fourth-order valence-electron chi connectivity index (χ4n) is 2.86. The summed E-state index contributed by atoms with van der Waals surface area (Å²) in [7, 11) is 1.64. The first-order valence-corrected chi connectivity index (χ1v) is 8.03. The SMILES string of the molecule is COc1ccnc(N2CCN(C(=O)C(N)c3ccccc3)CC2)c1.Cl.Cl. The van der Waals surface area contributed by atoms with E-state index >= 15 is 0 Å². The van der Waals surface area contributed by atoms with Crippen LogP contribution in [0, 0.1) is 0 Å². The number of carbonyl (C=O) groups excluding carboxylic acids is 1. The van der Waals surface area contributed by atoms with Crippen molar-refractivity contribution in [2.45, 2.75) is 6.04 Å². The molecule has 1 atom stereocenters. The molecule has 1 aromatic carbocycles. The lowest BCUT2D eigenvalue weighted by Crippen LogP contribution is -2.51. The molecule has 0 spiro atoms. The maximum atomic E-state index is 12.6. The lowest BCUT2D eigenvalue weighted by Gasteiger charge is -2.36. The third-order valence-electron chi connectivity index (χ3n) is 4.29. The summed E-state index contributed by atoms with van der Waals surface area (Å²) in [5, 5.41) is 0. The zero-order valence-corrected chi connectivity index (χ0v) is 16.2. The van der Waals surface area contributed by atoms with E-state index in [4.69, 9.17) is 10.5 Å². The molecular weight excluding hydrogens is 375 g/mol. The molecule has 1 aliphatic heterocycles. The highest BCUT2D eigenvalue weighted by Gasteiger charge is 2.26. The highest BCUT2D eigenvalue weighted by molar-refractivity contribution is 5.85. The third kappa shape index (κ3) is 5.00. The maximum absolute atomic E-state index is 12.6. The average Bonchev–Trinajstić information content (AvgIpc) is 2.67. The quantitative estimate of drug-likeness (QED) is 0.854. The molecule has 6 nitrogen and oxygen atoms in total. The number of methoxy groups -OCH3 is 1. The summed E-state index contributed by atoms with van der Waals surface area (Å²) in [6.07, 6.45) is 1.73. The van der Waals surface area contributed by atoms with E-state index in [9.17, 15) is 4.79 Å². The number of rotatable bonds is 4. The highest BCUT2D eigenvalue weighted by atomic mass is 35.5. The molecule has 2 N–H and O–H groups in total. The summed E-state index contributed by atoms with van der Waals surface area (Å²) in [6, 6.07) is 12.6. The number of anilines is 1.